The number of hydrogen-bond donors (Lipinski definition) is 1. The van der Waals surface area contributed by atoms with Crippen molar-refractivity contribution in [3.63, 3.8) is 0 Å². The van der Waals surface area contributed by atoms with Crippen molar-refractivity contribution in [3.8, 4) is 0 Å². The SMILES string of the molecule is CCCN(Cc1nc2ccsc2c(=O)[nH]1)S(=O)(=O)c1cccc(Cl)c1Cl. The van der Waals surface area contributed by atoms with Crippen LogP contribution < -0.4 is 5.56 Å². The topological polar surface area (TPSA) is 83.1 Å². The quantitative estimate of drug-likeness (QED) is 0.641. The number of rotatable bonds is 6. The summed E-state index contributed by atoms with van der Waals surface area (Å²) < 4.78 is 27.9. The fourth-order valence-electron chi connectivity index (χ4n) is 2.52. The predicted octanol–water partition coefficient (Wildman–Crippen LogP) is 3.89. The fraction of sp³-hybridized carbons (Fsp3) is 0.250. The zero-order chi connectivity index (χ0) is 18.9. The van der Waals surface area contributed by atoms with Crippen molar-refractivity contribution in [2.45, 2.75) is 24.8 Å². The van der Waals surface area contributed by atoms with Gasteiger partial charge in [0.15, 0.2) is 0 Å². The number of aromatic amines is 1. The number of hydrogen-bond acceptors (Lipinski definition) is 5. The summed E-state index contributed by atoms with van der Waals surface area (Å²) in [6.45, 7) is 2.04. The van der Waals surface area contributed by atoms with Crippen molar-refractivity contribution in [1.29, 1.82) is 0 Å². The molecule has 10 heteroatoms. The maximum absolute atomic E-state index is 13.1. The van der Waals surface area contributed by atoms with Crippen LogP contribution >= 0.6 is 34.5 Å². The lowest BCUT2D eigenvalue weighted by Gasteiger charge is -2.22. The molecule has 0 bridgehead atoms. The van der Waals surface area contributed by atoms with Gasteiger partial charge in [-0.15, -0.1) is 11.3 Å². The molecule has 0 spiro atoms. The molecule has 26 heavy (non-hydrogen) atoms. The van der Waals surface area contributed by atoms with Crippen molar-refractivity contribution in [3.05, 3.63) is 55.9 Å². The summed E-state index contributed by atoms with van der Waals surface area (Å²) in [6, 6.07) is 6.19. The molecule has 0 aliphatic heterocycles. The lowest BCUT2D eigenvalue weighted by molar-refractivity contribution is 0.397. The number of halogens is 2. The highest BCUT2D eigenvalue weighted by Crippen LogP contribution is 2.31. The molecule has 1 aromatic carbocycles. The van der Waals surface area contributed by atoms with Crippen LogP contribution in [-0.4, -0.2) is 29.2 Å². The molecular formula is C16H15Cl2N3O3S2. The Balaban J connectivity index is 2.02. The van der Waals surface area contributed by atoms with Gasteiger partial charge in [0.05, 0.1) is 22.1 Å². The Kier molecular flexibility index (Phi) is 5.69. The minimum Gasteiger partial charge on any atom is -0.308 e. The second kappa shape index (κ2) is 7.66. The Bertz CT molecular complexity index is 1110. The van der Waals surface area contributed by atoms with E-state index in [4.69, 9.17) is 23.2 Å². The van der Waals surface area contributed by atoms with Gasteiger partial charge in [-0.2, -0.15) is 4.31 Å². The average Bonchev–Trinajstić information content (AvgIpc) is 3.06. The molecule has 0 saturated carbocycles. The van der Waals surface area contributed by atoms with Gasteiger partial charge in [0.2, 0.25) is 10.0 Å². The molecule has 3 aromatic rings. The van der Waals surface area contributed by atoms with Gasteiger partial charge in [0, 0.05) is 6.54 Å². The molecule has 2 heterocycles. The molecule has 0 amide bonds. The minimum atomic E-state index is -3.91. The molecule has 3 rings (SSSR count). The summed E-state index contributed by atoms with van der Waals surface area (Å²) in [5, 5.41) is 1.91. The van der Waals surface area contributed by atoms with Crippen LogP contribution in [0.4, 0.5) is 0 Å². The maximum Gasteiger partial charge on any atom is 0.268 e. The Morgan fingerprint density at radius 3 is 2.77 bits per heavy atom. The summed E-state index contributed by atoms with van der Waals surface area (Å²) in [5.74, 6) is 0.274. The number of sulfonamides is 1. The number of H-pyrrole nitrogens is 1. The third-order valence-corrected chi connectivity index (χ3v) is 7.42. The van der Waals surface area contributed by atoms with Gasteiger partial charge in [-0.3, -0.25) is 4.79 Å². The first kappa shape index (κ1) is 19.3. The van der Waals surface area contributed by atoms with E-state index >= 15 is 0 Å². The monoisotopic (exact) mass is 431 g/mol. The molecule has 6 nitrogen and oxygen atoms in total. The molecule has 0 unspecified atom stereocenters. The molecule has 0 aliphatic rings. The summed E-state index contributed by atoms with van der Waals surface area (Å²) >= 11 is 13.4. The summed E-state index contributed by atoms with van der Waals surface area (Å²) in [5.41, 5.74) is 0.262. The maximum atomic E-state index is 13.1. The van der Waals surface area contributed by atoms with Gasteiger partial charge in [0.1, 0.15) is 15.4 Å². The second-order valence-electron chi connectivity index (χ2n) is 5.54. The third-order valence-electron chi connectivity index (χ3n) is 3.70. The van der Waals surface area contributed by atoms with E-state index in [2.05, 4.69) is 9.97 Å². The van der Waals surface area contributed by atoms with Crippen LogP contribution in [0.1, 0.15) is 19.2 Å². The lowest BCUT2D eigenvalue weighted by atomic mass is 10.4. The van der Waals surface area contributed by atoms with Gasteiger partial charge in [0.25, 0.3) is 5.56 Å². The highest BCUT2D eigenvalue weighted by molar-refractivity contribution is 7.89. The molecule has 138 valence electrons. The smallest absolute Gasteiger partial charge is 0.268 e. The lowest BCUT2D eigenvalue weighted by Crippen LogP contribution is -2.33. The molecule has 0 radical (unpaired) electrons. The molecule has 0 fully saturated rings. The Hall–Kier alpha value is -1.45. The van der Waals surface area contributed by atoms with Crippen LogP contribution in [0.3, 0.4) is 0 Å². The van der Waals surface area contributed by atoms with Crippen molar-refractivity contribution in [1.82, 2.24) is 14.3 Å². The van der Waals surface area contributed by atoms with Crippen LogP contribution in [0.25, 0.3) is 10.2 Å². The number of aromatic nitrogens is 2. The number of nitrogens with zero attached hydrogens (tertiary/aromatic N) is 2. The van der Waals surface area contributed by atoms with Gasteiger partial charge in [-0.1, -0.05) is 36.2 Å². The first-order chi connectivity index (χ1) is 12.3. The van der Waals surface area contributed by atoms with E-state index in [-0.39, 0.29) is 39.4 Å². The average molecular weight is 432 g/mol. The van der Waals surface area contributed by atoms with Crippen LogP contribution in [0.2, 0.25) is 10.0 Å². The van der Waals surface area contributed by atoms with E-state index in [1.807, 2.05) is 6.92 Å². The largest absolute Gasteiger partial charge is 0.308 e. The van der Waals surface area contributed by atoms with Gasteiger partial charge in [-0.05, 0) is 30.0 Å². The van der Waals surface area contributed by atoms with Crippen LogP contribution in [0, 0.1) is 0 Å². The van der Waals surface area contributed by atoms with E-state index in [1.54, 1.807) is 11.4 Å². The Morgan fingerprint density at radius 2 is 2.04 bits per heavy atom. The van der Waals surface area contributed by atoms with Gasteiger partial charge in [-0.25, -0.2) is 13.4 Å². The molecule has 0 aliphatic carbocycles. The zero-order valence-electron chi connectivity index (χ0n) is 13.7. The first-order valence-corrected chi connectivity index (χ1v) is 10.8. The second-order valence-corrected chi connectivity index (χ2v) is 9.15. The molecule has 2 aromatic heterocycles. The summed E-state index contributed by atoms with van der Waals surface area (Å²) in [4.78, 5) is 19.1. The number of thiophene rings is 1. The molecule has 0 saturated heterocycles. The van der Waals surface area contributed by atoms with E-state index in [1.165, 1.54) is 33.8 Å². The Morgan fingerprint density at radius 1 is 1.27 bits per heavy atom. The predicted molar refractivity (Wildman–Crippen MR) is 105 cm³/mol. The van der Waals surface area contributed by atoms with Gasteiger partial charge < -0.3 is 4.98 Å². The van der Waals surface area contributed by atoms with Crippen molar-refractivity contribution < 1.29 is 8.42 Å². The van der Waals surface area contributed by atoms with Crippen LogP contribution in [0.15, 0.2) is 39.3 Å². The van der Waals surface area contributed by atoms with E-state index in [0.29, 0.717) is 16.6 Å². The standard InChI is InChI=1S/C16H15Cl2N3O3S2/c1-2-7-21(26(23,24)12-5-3-4-10(17)14(12)18)9-13-19-11-6-8-25-15(11)16(22)20-13/h3-6,8H,2,7,9H2,1H3,(H,19,20,22). The van der Waals surface area contributed by atoms with Gasteiger partial charge >= 0.3 is 0 Å². The third kappa shape index (κ3) is 3.65. The van der Waals surface area contributed by atoms with E-state index in [9.17, 15) is 13.2 Å². The zero-order valence-corrected chi connectivity index (χ0v) is 16.8. The summed E-state index contributed by atoms with van der Waals surface area (Å²) in [7, 11) is -3.91. The first-order valence-electron chi connectivity index (χ1n) is 7.75. The van der Waals surface area contributed by atoms with E-state index in [0.717, 1.165) is 0 Å². The van der Waals surface area contributed by atoms with Crippen LogP contribution in [-0.2, 0) is 16.6 Å². The number of benzene rings is 1. The summed E-state index contributed by atoms with van der Waals surface area (Å²) in [6.07, 6.45) is 0.586. The number of nitrogens with one attached hydrogen (secondary N) is 1. The fourth-order valence-corrected chi connectivity index (χ4v) is 5.47. The normalized spacial score (nSPS) is 12.2. The van der Waals surface area contributed by atoms with Crippen molar-refractivity contribution in [2.24, 2.45) is 0 Å². The van der Waals surface area contributed by atoms with Crippen molar-refractivity contribution in [2.75, 3.05) is 6.54 Å². The van der Waals surface area contributed by atoms with Crippen LogP contribution in [0.5, 0.6) is 0 Å². The molecular weight excluding hydrogens is 417 g/mol. The van der Waals surface area contributed by atoms with Crippen molar-refractivity contribution >= 4 is 54.8 Å². The van der Waals surface area contributed by atoms with E-state index < -0.39 is 10.0 Å². The number of fused-ring (bicyclic) bond motifs is 1. The molecule has 0 atom stereocenters. The molecule has 1 N–H and O–H groups in total. The highest BCUT2D eigenvalue weighted by atomic mass is 35.5. The minimum absolute atomic E-state index is 0.0231. The highest BCUT2D eigenvalue weighted by Gasteiger charge is 2.28. The Labute approximate surface area is 164 Å².